The van der Waals surface area contributed by atoms with Gasteiger partial charge in [-0.15, -0.1) is 0 Å². The standard InChI is InChI=1S/C26H20F4N2O5S/c27-20-7-3-8-21(15-20)31-25(33)32(17-23-10-4-12-36-23)16-18-5-1-9-22(13-18)37-38(34,35)24-11-2-6-19(14-24)26(28,29)30/h1-15H,16-17H2,(H,31,33). The van der Waals surface area contributed by atoms with Crippen molar-refractivity contribution in [1.29, 1.82) is 0 Å². The molecule has 198 valence electrons. The molecule has 1 heterocycles. The van der Waals surface area contributed by atoms with Gasteiger partial charge in [0.2, 0.25) is 0 Å². The van der Waals surface area contributed by atoms with Crippen LogP contribution >= 0.6 is 0 Å². The van der Waals surface area contributed by atoms with Crippen LogP contribution in [0.5, 0.6) is 5.75 Å². The fourth-order valence-corrected chi connectivity index (χ4v) is 4.45. The van der Waals surface area contributed by atoms with Crippen molar-refractivity contribution in [1.82, 2.24) is 4.90 Å². The molecule has 0 saturated heterocycles. The number of carbonyl (C=O) groups excluding carboxylic acids is 1. The summed E-state index contributed by atoms with van der Waals surface area (Å²) in [6.07, 6.45) is -3.29. The number of rotatable bonds is 8. The number of nitrogens with one attached hydrogen (secondary N) is 1. The van der Waals surface area contributed by atoms with Crippen LogP contribution in [0.2, 0.25) is 0 Å². The summed E-state index contributed by atoms with van der Waals surface area (Å²) in [4.78, 5) is 13.7. The Balaban J connectivity index is 1.54. The van der Waals surface area contributed by atoms with Crippen molar-refractivity contribution in [3.8, 4) is 5.75 Å². The first-order valence-electron chi connectivity index (χ1n) is 11.0. The molecule has 4 aromatic rings. The molecule has 0 aliphatic rings. The predicted molar refractivity (Wildman–Crippen MR) is 129 cm³/mol. The molecular formula is C26H20F4N2O5S. The summed E-state index contributed by atoms with van der Waals surface area (Å²) in [6.45, 7) is -0.00950. The number of urea groups is 1. The van der Waals surface area contributed by atoms with Crippen molar-refractivity contribution >= 4 is 21.8 Å². The number of halogens is 4. The molecule has 0 radical (unpaired) electrons. The van der Waals surface area contributed by atoms with Gasteiger partial charge in [-0.3, -0.25) is 0 Å². The largest absolute Gasteiger partial charge is 0.467 e. The summed E-state index contributed by atoms with van der Waals surface area (Å²) in [5.41, 5.74) is -0.458. The van der Waals surface area contributed by atoms with Crippen LogP contribution in [0.3, 0.4) is 0 Å². The third-order valence-corrected chi connectivity index (χ3v) is 6.46. The van der Waals surface area contributed by atoms with Crippen LogP contribution in [-0.2, 0) is 29.4 Å². The molecule has 38 heavy (non-hydrogen) atoms. The van der Waals surface area contributed by atoms with Gasteiger partial charge in [-0.05, 0) is 66.2 Å². The third-order valence-electron chi connectivity index (χ3n) is 5.22. The highest BCUT2D eigenvalue weighted by Gasteiger charge is 2.32. The molecule has 0 spiro atoms. The highest BCUT2D eigenvalue weighted by molar-refractivity contribution is 7.87. The van der Waals surface area contributed by atoms with Gasteiger partial charge in [0, 0.05) is 12.2 Å². The molecule has 2 amide bonds. The molecule has 3 aromatic carbocycles. The molecule has 0 saturated carbocycles. The van der Waals surface area contributed by atoms with Gasteiger partial charge in [-0.1, -0.05) is 24.3 Å². The second-order valence-corrected chi connectivity index (χ2v) is 9.63. The van der Waals surface area contributed by atoms with Crippen molar-refractivity contribution in [2.45, 2.75) is 24.2 Å². The molecule has 1 N–H and O–H groups in total. The molecule has 0 bridgehead atoms. The number of benzene rings is 3. The van der Waals surface area contributed by atoms with Crippen LogP contribution < -0.4 is 9.50 Å². The van der Waals surface area contributed by atoms with Gasteiger partial charge in [0.05, 0.1) is 18.4 Å². The first-order valence-corrected chi connectivity index (χ1v) is 12.4. The van der Waals surface area contributed by atoms with Crippen molar-refractivity contribution in [2.75, 3.05) is 5.32 Å². The van der Waals surface area contributed by atoms with Crippen LogP contribution in [0.1, 0.15) is 16.9 Å². The smallest absolute Gasteiger partial charge is 0.416 e. The van der Waals surface area contributed by atoms with Crippen molar-refractivity contribution in [2.24, 2.45) is 0 Å². The van der Waals surface area contributed by atoms with Crippen LogP contribution in [0.25, 0.3) is 0 Å². The van der Waals surface area contributed by atoms with Gasteiger partial charge in [0.15, 0.2) is 0 Å². The topological polar surface area (TPSA) is 88.9 Å². The number of carbonyl (C=O) groups is 1. The third kappa shape index (κ3) is 6.91. The van der Waals surface area contributed by atoms with Crippen LogP contribution in [-0.4, -0.2) is 19.3 Å². The lowest BCUT2D eigenvalue weighted by Crippen LogP contribution is -2.34. The van der Waals surface area contributed by atoms with Gasteiger partial charge in [0.1, 0.15) is 22.2 Å². The average molecular weight is 549 g/mol. The fourth-order valence-electron chi connectivity index (χ4n) is 3.48. The summed E-state index contributed by atoms with van der Waals surface area (Å²) < 4.78 is 88.3. The normalized spacial score (nSPS) is 11.7. The van der Waals surface area contributed by atoms with Crippen LogP contribution in [0.4, 0.5) is 28.0 Å². The maximum atomic E-state index is 13.6. The minimum atomic E-state index is -4.73. The van der Waals surface area contributed by atoms with Crippen molar-refractivity contribution in [3.05, 3.63) is 114 Å². The molecule has 0 unspecified atom stereocenters. The Bertz CT molecular complexity index is 1520. The second-order valence-electron chi connectivity index (χ2n) is 8.09. The molecular weight excluding hydrogens is 528 g/mol. The summed E-state index contributed by atoms with van der Waals surface area (Å²) >= 11 is 0. The summed E-state index contributed by atoms with van der Waals surface area (Å²) in [7, 11) is -4.59. The van der Waals surface area contributed by atoms with E-state index in [-0.39, 0.29) is 24.5 Å². The van der Waals surface area contributed by atoms with E-state index in [1.54, 1.807) is 18.2 Å². The number of hydrogen-bond donors (Lipinski definition) is 1. The molecule has 0 fully saturated rings. The van der Waals surface area contributed by atoms with E-state index in [4.69, 9.17) is 8.60 Å². The number of nitrogens with zero attached hydrogens (tertiary/aromatic N) is 1. The number of anilines is 1. The first kappa shape index (κ1) is 26.7. The minimum Gasteiger partial charge on any atom is -0.467 e. The van der Waals surface area contributed by atoms with Gasteiger partial charge in [-0.2, -0.15) is 21.6 Å². The quantitative estimate of drug-likeness (QED) is 0.202. The van der Waals surface area contributed by atoms with E-state index in [0.29, 0.717) is 17.4 Å². The molecule has 7 nitrogen and oxygen atoms in total. The van der Waals surface area contributed by atoms with Gasteiger partial charge < -0.3 is 18.8 Å². The first-order chi connectivity index (χ1) is 18.0. The summed E-state index contributed by atoms with van der Waals surface area (Å²) in [5.74, 6) is -0.241. The molecule has 0 atom stereocenters. The Labute approximate surface area is 215 Å². The highest BCUT2D eigenvalue weighted by Crippen LogP contribution is 2.31. The minimum absolute atomic E-state index is 0.0295. The van der Waals surface area contributed by atoms with E-state index in [9.17, 15) is 30.8 Å². The number of hydrogen-bond acceptors (Lipinski definition) is 5. The second kappa shape index (κ2) is 11.0. The monoisotopic (exact) mass is 548 g/mol. The average Bonchev–Trinajstić information content (AvgIpc) is 3.36. The van der Waals surface area contributed by atoms with E-state index < -0.39 is 38.6 Å². The Morgan fingerprint density at radius 1 is 0.921 bits per heavy atom. The number of furan rings is 1. The van der Waals surface area contributed by atoms with E-state index in [0.717, 1.165) is 24.3 Å². The summed E-state index contributed by atoms with van der Waals surface area (Å²) in [5, 5.41) is 2.59. The van der Waals surface area contributed by atoms with Crippen molar-refractivity contribution < 1.29 is 39.4 Å². The maximum absolute atomic E-state index is 13.6. The lowest BCUT2D eigenvalue weighted by molar-refractivity contribution is -0.137. The van der Waals surface area contributed by atoms with E-state index in [1.165, 1.54) is 47.6 Å². The van der Waals surface area contributed by atoms with E-state index >= 15 is 0 Å². The molecule has 4 rings (SSSR count). The lowest BCUT2D eigenvalue weighted by Gasteiger charge is -2.22. The highest BCUT2D eigenvalue weighted by atomic mass is 32.2. The zero-order valence-electron chi connectivity index (χ0n) is 19.5. The van der Waals surface area contributed by atoms with E-state index in [1.807, 2.05) is 0 Å². The molecule has 0 aliphatic heterocycles. The summed E-state index contributed by atoms with van der Waals surface area (Å²) in [6, 6.07) is 17.0. The Morgan fingerprint density at radius 3 is 2.39 bits per heavy atom. The van der Waals surface area contributed by atoms with Gasteiger partial charge in [-0.25, -0.2) is 9.18 Å². The van der Waals surface area contributed by atoms with Crippen LogP contribution in [0.15, 0.2) is 101 Å². The van der Waals surface area contributed by atoms with Gasteiger partial charge in [0.25, 0.3) is 0 Å². The molecule has 0 aliphatic carbocycles. The van der Waals surface area contributed by atoms with Crippen molar-refractivity contribution in [3.63, 3.8) is 0 Å². The Hall–Kier alpha value is -4.32. The predicted octanol–water partition coefficient (Wildman–Crippen LogP) is 6.44. The number of amides is 2. The molecule has 12 heteroatoms. The zero-order chi connectivity index (χ0) is 27.3. The van der Waals surface area contributed by atoms with E-state index in [2.05, 4.69) is 5.32 Å². The van der Waals surface area contributed by atoms with Crippen LogP contribution in [0, 0.1) is 5.82 Å². The lowest BCUT2D eigenvalue weighted by atomic mass is 10.2. The Morgan fingerprint density at radius 2 is 1.68 bits per heavy atom. The number of alkyl halides is 3. The van der Waals surface area contributed by atoms with Gasteiger partial charge >= 0.3 is 22.3 Å². The SMILES string of the molecule is O=C(Nc1cccc(F)c1)N(Cc1cccc(OS(=O)(=O)c2cccc(C(F)(F)F)c2)c1)Cc1ccco1. The molecule has 1 aromatic heterocycles. The Kier molecular flexibility index (Phi) is 7.72. The fraction of sp³-hybridized carbons (Fsp3) is 0.115. The maximum Gasteiger partial charge on any atom is 0.416 e. The zero-order valence-corrected chi connectivity index (χ0v) is 20.3.